The van der Waals surface area contributed by atoms with Crippen molar-refractivity contribution in [2.24, 2.45) is 5.92 Å². The predicted octanol–water partition coefficient (Wildman–Crippen LogP) is 0.231. The fraction of sp³-hybridized carbons (Fsp3) is 0.900. The second-order valence-corrected chi connectivity index (χ2v) is 6.75. The molecule has 1 aliphatic heterocycles. The summed E-state index contributed by atoms with van der Waals surface area (Å²) in [7, 11) is -3.46. The molecule has 2 N–H and O–H groups in total. The van der Waals surface area contributed by atoms with Crippen LogP contribution in [0.1, 0.15) is 33.1 Å². The van der Waals surface area contributed by atoms with Crippen LogP contribution in [-0.2, 0) is 14.8 Å². The molecule has 0 aromatic carbocycles. The van der Waals surface area contributed by atoms with Gasteiger partial charge in [0.25, 0.3) is 0 Å². The van der Waals surface area contributed by atoms with Crippen molar-refractivity contribution in [3.05, 3.63) is 0 Å². The van der Waals surface area contributed by atoms with Crippen molar-refractivity contribution < 1.29 is 13.2 Å². The van der Waals surface area contributed by atoms with Gasteiger partial charge in [0.15, 0.2) is 0 Å². The van der Waals surface area contributed by atoms with Crippen LogP contribution < -0.4 is 10.0 Å². The Morgan fingerprint density at radius 3 is 2.69 bits per heavy atom. The Kier molecular flexibility index (Phi) is 4.73. The Bertz CT molecular complexity index is 332. The number of sulfonamides is 1. The Morgan fingerprint density at radius 1 is 1.50 bits per heavy atom. The molecule has 5 nitrogen and oxygen atoms in total. The summed E-state index contributed by atoms with van der Waals surface area (Å²) in [6.45, 7) is 5.04. The quantitative estimate of drug-likeness (QED) is 0.730. The molecule has 1 saturated heterocycles. The number of nitrogens with one attached hydrogen (secondary N) is 2. The van der Waals surface area contributed by atoms with Crippen LogP contribution >= 0.6 is 0 Å². The summed E-state index contributed by atoms with van der Waals surface area (Å²) in [4.78, 5) is 11.4. The number of amides is 1. The third-order valence-corrected chi connectivity index (χ3v) is 4.57. The molecule has 1 amide bonds. The van der Waals surface area contributed by atoms with E-state index < -0.39 is 15.3 Å². The lowest BCUT2D eigenvalue weighted by Gasteiger charge is -2.11. The van der Waals surface area contributed by atoms with Crippen molar-refractivity contribution in [1.29, 1.82) is 0 Å². The highest BCUT2D eigenvalue weighted by Crippen LogP contribution is 2.14. The molecule has 0 radical (unpaired) electrons. The molecule has 0 aromatic heterocycles. The predicted molar refractivity (Wildman–Crippen MR) is 62.4 cm³/mol. The van der Waals surface area contributed by atoms with E-state index in [1.54, 1.807) is 13.8 Å². The van der Waals surface area contributed by atoms with Gasteiger partial charge in [-0.15, -0.1) is 0 Å². The lowest BCUT2D eigenvalue weighted by Crippen LogP contribution is -2.35. The van der Waals surface area contributed by atoms with Crippen LogP contribution in [0.4, 0.5) is 0 Å². The summed E-state index contributed by atoms with van der Waals surface area (Å²) < 4.78 is 24.9. The third kappa shape index (κ3) is 4.09. The smallest absolute Gasteiger partial charge is 0.237 e. The highest BCUT2D eigenvalue weighted by atomic mass is 32.2. The zero-order chi connectivity index (χ0) is 12.2. The van der Waals surface area contributed by atoms with Crippen molar-refractivity contribution in [3.63, 3.8) is 0 Å². The van der Waals surface area contributed by atoms with Gasteiger partial charge in [0.2, 0.25) is 15.9 Å². The molecule has 0 bridgehead atoms. The number of carbonyl (C=O) groups is 1. The molecular formula is C10H20N2O3S. The largest absolute Gasteiger partial charge is 0.316 e. The highest BCUT2D eigenvalue weighted by Gasteiger charge is 2.20. The minimum absolute atomic E-state index is 0.290. The van der Waals surface area contributed by atoms with E-state index >= 15 is 0 Å². The van der Waals surface area contributed by atoms with Crippen molar-refractivity contribution in [3.8, 4) is 0 Å². The zero-order valence-electron chi connectivity index (χ0n) is 9.82. The molecule has 1 fully saturated rings. The molecule has 1 atom stereocenters. The first-order valence-electron chi connectivity index (χ1n) is 5.67. The van der Waals surface area contributed by atoms with Gasteiger partial charge in [-0.1, -0.05) is 0 Å². The van der Waals surface area contributed by atoms with Gasteiger partial charge in [-0.25, -0.2) is 8.42 Å². The molecule has 0 aliphatic carbocycles. The number of hydrogen-bond donors (Lipinski definition) is 2. The monoisotopic (exact) mass is 248 g/mol. The average Bonchev–Trinajstić information content (AvgIpc) is 2.66. The summed E-state index contributed by atoms with van der Waals surface area (Å²) in [5, 5.41) is 2.65. The van der Waals surface area contributed by atoms with E-state index in [-0.39, 0.29) is 12.3 Å². The summed E-state index contributed by atoms with van der Waals surface area (Å²) in [6, 6.07) is 0. The molecule has 94 valence electrons. The normalized spacial score (nSPS) is 21.3. The maximum absolute atomic E-state index is 11.4. The zero-order valence-corrected chi connectivity index (χ0v) is 10.6. The second kappa shape index (κ2) is 5.63. The SMILES string of the molecule is CC(C)S(=O)(=O)NC(=O)CCC1CCNC1. The van der Waals surface area contributed by atoms with Crippen molar-refractivity contribution >= 4 is 15.9 Å². The van der Waals surface area contributed by atoms with Crippen molar-refractivity contribution in [2.45, 2.75) is 38.4 Å². The maximum atomic E-state index is 11.4. The molecule has 6 heteroatoms. The minimum atomic E-state index is -3.46. The molecule has 16 heavy (non-hydrogen) atoms. The van der Waals surface area contributed by atoms with Crippen LogP contribution in [0.2, 0.25) is 0 Å². The Hall–Kier alpha value is -0.620. The van der Waals surface area contributed by atoms with Crippen LogP contribution in [0.15, 0.2) is 0 Å². The first-order chi connectivity index (χ1) is 7.42. The number of rotatable bonds is 5. The van der Waals surface area contributed by atoms with Crippen LogP contribution in [-0.4, -0.2) is 32.7 Å². The van der Waals surface area contributed by atoms with Crippen molar-refractivity contribution in [1.82, 2.24) is 10.0 Å². The van der Waals surface area contributed by atoms with Crippen LogP contribution in [0.25, 0.3) is 0 Å². The van der Waals surface area contributed by atoms with Gasteiger partial charge in [0.1, 0.15) is 0 Å². The molecule has 1 unspecified atom stereocenters. The molecule has 1 heterocycles. The van der Waals surface area contributed by atoms with Gasteiger partial charge in [0, 0.05) is 6.42 Å². The maximum Gasteiger partial charge on any atom is 0.237 e. The van der Waals surface area contributed by atoms with Gasteiger partial charge < -0.3 is 5.32 Å². The second-order valence-electron chi connectivity index (χ2n) is 4.52. The summed E-state index contributed by atoms with van der Waals surface area (Å²) in [5.74, 6) is 0.119. The Balaban J connectivity index is 2.30. The van der Waals surface area contributed by atoms with E-state index in [1.165, 1.54) is 0 Å². The van der Waals surface area contributed by atoms with Crippen molar-refractivity contribution in [2.75, 3.05) is 13.1 Å². The topological polar surface area (TPSA) is 75.3 Å². The first kappa shape index (κ1) is 13.4. The highest BCUT2D eigenvalue weighted by molar-refractivity contribution is 7.90. The average molecular weight is 248 g/mol. The van der Waals surface area contributed by atoms with Gasteiger partial charge >= 0.3 is 0 Å². The van der Waals surface area contributed by atoms with Crippen LogP contribution in [0.5, 0.6) is 0 Å². The van der Waals surface area contributed by atoms with E-state index in [4.69, 9.17) is 0 Å². The fourth-order valence-corrected chi connectivity index (χ4v) is 2.28. The van der Waals surface area contributed by atoms with Gasteiger partial charge in [0.05, 0.1) is 5.25 Å². The molecule has 0 aromatic rings. The number of hydrogen-bond acceptors (Lipinski definition) is 4. The standard InChI is InChI=1S/C10H20N2O3S/c1-8(2)16(14,15)12-10(13)4-3-9-5-6-11-7-9/h8-9,11H,3-7H2,1-2H3,(H,12,13). The van der Waals surface area contributed by atoms with Crippen LogP contribution in [0.3, 0.4) is 0 Å². The molecule has 0 saturated carbocycles. The third-order valence-electron chi connectivity index (χ3n) is 2.82. The van der Waals surface area contributed by atoms with E-state index in [0.29, 0.717) is 5.92 Å². The molecular weight excluding hydrogens is 228 g/mol. The minimum Gasteiger partial charge on any atom is -0.316 e. The summed E-state index contributed by atoms with van der Waals surface area (Å²) in [5.41, 5.74) is 0. The lowest BCUT2D eigenvalue weighted by atomic mass is 10.0. The van der Waals surface area contributed by atoms with Crippen LogP contribution in [0, 0.1) is 5.92 Å². The van der Waals surface area contributed by atoms with Gasteiger partial charge in [-0.3, -0.25) is 9.52 Å². The van der Waals surface area contributed by atoms with Gasteiger partial charge in [-0.05, 0) is 45.7 Å². The molecule has 1 rings (SSSR count). The summed E-state index contributed by atoms with van der Waals surface area (Å²) in [6.07, 6.45) is 2.12. The fourth-order valence-electron chi connectivity index (χ4n) is 1.62. The lowest BCUT2D eigenvalue weighted by molar-refractivity contribution is -0.119. The Labute approximate surface area is 97.0 Å². The van der Waals surface area contributed by atoms with E-state index in [2.05, 4.69) is 10.0 Å². The van der Waals surface area contributed by atoms with E-state index in [0.717, 1.165) is 25.9 Å². The van der Waals surface area contributed by atoms with Gasteiger partial charge in [-0.2, -0.15) is 0 Å². The summed E-state index contributed by atoms with van der Waals surface area (Å²) >= 11 is 0. The van der Waals surface area contributed by atoms with E-state index in [9.17, 15) is 13.2 Å². The van der Waals surface area contributed by atoms with E-state index in [1.807, 2.05) is 0 Å². The Morgan fingerprint density at radius 2 is 2.19 bits per heavy atom. The number of carbonyl (C=O) groups excluding carboxylic acids is 1. The molecule has 0 spiro atoms. The first-order valence-corrected chi connectivity index (χ1v) is 7.21. The molecule has 1 aliphatic rings.